The minimum atomic E-state index is 1.02. The van der Waals surface area contributed by atoms with Gasteiger partial charge in [0.05, 0.1) is 5.76 Å². The Morgan fingerprint density at radius 1 is 1.19 bits per heavy atom. The van der Waals surface area contributed by atoms with Crippen molar-refractivity contribution in [2.45, 2.75) is 53.4 Å². The lowest BCUT2D eigenvalue weighted by atomic mass is 10.1. The number of hydrogen-bond donors (Lipinski definition) is 1. The number of ether oxygens (including phenoxy) is 1. The van der Waals surface area contributed by atoms with Crippen LogP contribution >= 0.6 is 0 Å². The van der Waals surface area contributed by atoms with E-state index in [9.17, 15) is 0 Å². The van der Waals surface area contributed by atoms with Gasteiger partial charge in [0, 0.05) is 6.42 Å². The molecule has 2 nitrogen and oxygen atoms in total. The summed E-state index contributed by atoms with van der Waals surface area (Å²) in [6, 6.07) is 0. The predicted octanol–water partition coefficient (Wildman–Crippen LogP) is 4.00. The third-order valence-corrected chi connectivity index (χ3v) is 2.41. The molecule has 0 radical (unpaired) electrons. The molecule has 0 heterocycles. The molecule has 94 valence electrons. The highest BCUT2D eigenvalue weighted by atomic mass is 16.5. The molecule has 0 aromatic rings. The zero-order chi connectivity index (χ0) is 12.4. The van der Waals surface area contributed by atoms with Crippen LogP contribution in [0.3, 0.4) is 0 Å². The molecule has 2 heteroatoms. The van der Waals surface area contributed by atoms with Crippen LogP contribution in [0.15, 0.2) is 23.2 Å². The quantitative estimate of drug-likeness (QED) is 0.498. The normalized spacial score (nSPS) is 11.4. The van der Waals surface area contributed by atoms with E-state index in [1.54, 1.807) is 0 Å². The summed E-state index contributed by atoms with van der Waals surface area (Å²) in [5.74, 6) is 2.16. The van der Waals surface area contributed by atoms with E-state index in [1.165, 1.54) is 18.4 Å². The second kappa shape index (κ2) is 9.46. The van der Waals surface area contributed by atoms with Crippen LogP contribution in [0, 0.1) is 0 Å². The van der Waals surface area contributed by atoms with Crippen LogP contribution in [0.25, 0.3) is 0 Å². The van der Waals surface area contributed by atoms with Gasteiger partial charge in [0.1, 0.15) is 5.76 Å². The Kier molecular flexibility index (Phi) is 9.02. The predicted molar refractivity (Wildman–Crippen MR) is 71.3 cm³/mol. The van der Waals surface area contributed by atoms with Crippen LogP contribution in [0.5, 0.6) is 0 Å². The number of hydrogen-bond acceptors (Lipinski definition) is 2. The van der Waals surface area contributed by atoms with Crippen molar-refractivity contribution in [3.8, 4) is 0 Å². The van der Waals surface area contributed by atoms with Gasteiger partial charge in [0.25, 0.3) is 0 Å². The highest BCUT2D eigenvalue weighted by Gasteiger charge is 2.02. The van der Waals surface area contributed by atoms with Gasteiger partial charge in [-0.15, -0.1) is 0 Å². The minimum Gasteiger partial charge on any atom is -0.467 e. The summed E-state index contributed by atoms with van der Waals surface area (Å²) < 4.78 is 5.85. The van der Waals surface area contributed by atoms with Gasteiger partial charge in [-0.25, -0.2) is 0 Å². The molecular formula is C14H27NO. The molecule has 0 bridgehead atoms. The smallest absolute Gasteiger partial charge is 0.102 e. The van der Waals surface area contributed by atoms with E-state index in [0.717, 1.165) is 30.9 Å². The molecule has 0 fully saturated rings. The molecule has 0 unspecified atom stereocenters. The summed E-state index contributed by atoms with van der Waals surface area (Å²) in [7, 11) is 1.99. The number of unbranched alkanes of at least 4 members (excludes halogenated alkanes) is 1. The Labute approximate surface area is 101 Å². The fraction of sp³-hybridized carbons (Fsp3) is 0.714. The molecule has 0 aliphatic carbocycles. The first kappa shape index (κ1) is 15.2. The molecule has 0 amide bonds. The Bertz CT molecular complexity index is 237. The van der Waals surface area contributed by atoms with Gasteiger partial charge in [-0.2, -0.15) is 0 Å². The van der Waals surface area contributed by atoms with Crippen molar-refractivity contribution in [1.29, 1.82) is 0 Å². The van der Waals surface area contributed by atoms with Crippen molar-refractivity contribution in [3.63, 3.8) is 0 Å². The Hall–Kier alpha value is -0.760. The van der Waals surface area contributed by atoms with Gasteiger partial charge < -0.3 is 10.1 Å². The van der Waals surface area contributed by atoms with Crippen molar-refractivity contribution in [3.05, 3.63) is 23.2 Å². The van der Waals surface area contributed by atoms with Crippen molar-refractivity contribution in [2.75, 3.05) is 13.6 Å². The van der Waals surface area contributed by atoms with E-state index in [1.807, 2.05) is 14.0 Å². The van der Waals surface area contributed by atoms with Gasteiger partial charge in [0.2, 0.25) is 0 Å². The third-order valence-electron chi connectivity index (χ3n) is 2.41. The lowest BCUT2D eigenvalue weighted by Crippen LogP contribution is -2.07. The van der Waals surface area contributed by atoms with Crippen molar-refractivity contribution in [1.82, 2.24) is 5.32 Å². The molecule has 0 aromatic carbocycles. The van der Waals surface area contributed by atoms with Gasteiger partial charge in [0.15, 0.2) is 0 Å². The van der Waals surface area contributed by atoms with Crippen molar-refractivity contribution < 1.29 is 4.74 Å². The maximum Gasteiger partial charge on any atom is 0.102 e. The van der Waals surface area contributed by atoms with Gasteiger partial charge in [-0.1, -0.05) is 6.92 Å². The summed E-state index contributed by atoms with van der Waals surface area (Å²) >= 11 is 0. The number of rotatable bonds is 8. The molecule has 0 aromatic heterocycles. The standard InChI is InChI=1S/C14H27NO/c1-6-9-13(4)16-14(12(2)3)10-7-8-11-15-5/h9,15H,6-8,10-11H2,1-5H3/b13-9-. The molecule has 0 atom stereocenters. The average molecular weight is 225 g/mol. The Morgan fingerprint density at radius 3 is 2.38 bits per heavy atom. The van der Waals surface area contributed by atoms with E-state index in [2.05, 4.69) is 32.2 Å². The lowest BCUT2D eigenvalue weighted by Gasteiger charge is -2.12. The molecular weight excluding hydrogens is 198 g/mol. The van der Waals surface area contributed by atoms with Crippen LogP contribution in [0.2, 0.25) is 0 Å². The fourth-order valence-corrected chi connectivity index (χ4v) is 1.51. The number of allylic oxidation sites excluding steroid dienone is 4. The van der Waals surface area contributed by atoms with Gasteiger partial charge >= 0.3 is 0 Å². The van der Waals surface area contributed by atoms with E-state index >= 15 is 0 Å². The lowest BCUT2D eigenvalue weighted by molar-refractivity contribution is 0.282. The molecule has 0 spiro atoms. The number of nitrogens with one attached hydrogen (secondary N) is 1. The SMILES string of the molecule is CC/C=C(/C)OC(CCCCNC)=C(C)C. The zero-order valence-electron chi connectivity index (χ0n) is 11.5. The summed E-state index contributed by atoms with van der Waals surface area (Å²) in [6.07, 6.45) is 6.57. The second-order valence-corrected chi connectivity index (χ2v) is 4.31. The van der Waals surface area contributed by atoms with Crippen LogP contribution in [-0.4, -0.2) is 13.6 Å². The highest BCUT2D eigenvalue weighted by molar-refractivity contribution is 5.06. The first-order valence-corrected chi connectivity index (χ1v) is 6.27. The highest BCUT2D eigenvalue weighted by Crippen LogP contribution is 2.17. The molecule has 0 saturated carbocycles. The van der Waals surface area contributed by atoms with Gasteiger partial charge in [-0.05, 0) is 65.3 Å². The molecule has 16 heavy (non-hydrogen) atoms. The summed E-state index contributed by atoms with van der Waals surface area (Å²) in [4.78, 5) is 0. The molecule has 0 aliphatic heterocycles. The summed E-state index contributed by atoms with van der Waals surface area (Å²) in [5.41, 5.74) is 1.29. The van der Waals surface area contributed by atoms with Crippen molar-refractivity contribution in [2.24, 2.45) is 0 Å². The average Bonchev–Trinajstić information content (AvgIpc) is 2.22. The van der Waals surface area contributed by atoms with E-state index in [0.29, 0.717) is 0 Å². The first-order valence-electron chi connectivity index (χ1n) is 6.27. The molecule has 1 N–H and O–H groups in total. The van der Waals surface area contributed by atoms with Crippen molar-refractivity contribution >= 4 is 0 Å². The first-order chi connectivity index (χ1) is 7.61. The van der Waals surface area contributed by atoms with Gasteiger partial charge in [-0.3, -0.25) is 0 Å². The fourth-order valence-electron chi connectivity index (χ4n) is 1.51. The molecule has 0 rings (SSSR count). The largest absolute Gasteiger partial charge is 0.467 e. The minimum absolute atomic E-state index is 1.02. The Morgan fingerprint density at radius 2 is 1.88 bits per heavy atom. The zero-order valence-corrected chi connectivity index (χ0v) is 11.5. The second-order valence-electron chi connectivity index (χ2n) is 4.31. The van der Waals surface area contributed by atoms with Crippen LogP contribution < -0.4 is 5.32 Å². The van der Waals surface area contributed by atoms with Crippen LogP contribution in [-0.2, 0) is 4.74 Å². The topological polar surface area (TPSA) is 21.3 Å². The van der Waals surface area contributed by atoms with Crippen LogP contribution in [0.4, 0.5) is 0 Å². The monoisotopic (exact) mass is 225 g/mol. The van der Waals surface area contributed by atoms with E-state index in [4.69, 9.17) is 4.74 Å². The van der Waals surface area contributed by atoms with E-state index in [-0.39, 0.29) is 0 Å². The maximum atomic E-state index is 5.85. The van der Waals surface area contributed by atoms with E-state index < -0.39 is 0 Å². The summed E-state index contributed by atoms with van der Waals surface area (Å²) in [6.45, 7) is 9.47. The van der Waals surface area contributed by atoms with Crippen LogP contribution in [0.1, 0.15) is 53.4 Å². The Balaban J connectivity index is 4.11. The summed E-state index contributed by atoms with van der Waals surface area (Å²) in [5, 5.41) is 3.16. The molecule has 0 saturated heterocycles. The maximum absolute atomic E-state index is 5.85. The molecule has 0 aliphatic rings. The third kappa shape index (κ3) is 7.52.